The first-order valence-corrected chi connectivity index (χ1v) is 9.86. The third-order valence-electron chi connectivity index (χ3n) is 3.06. The zero-order valence-corrected chi connectivity index (χ0v) is 14.9. The van der Waals surface area contributed by atoms with Crippen LogP contribution in [0.5, 0.6) is 0 Å². The van der Waals surface area contributed by atoms with Gasteiger partial charge in [0.15, 0.2) is 0 Å². The Labute approximate surface area is 148 Å². The lowest BCUT2D eigenvalue weighted by Gasteiger charge is -2.35. The van der Waals surface area contributed by atoms with E-state index in [9.17, 15) is 56.3 Å². The largest absolute Gasteiger partial charge is 0.460 e. The molecule has 0 atom stereocenters. The van der Waals surface area contributed by atoms with E-state index >= 15 is 0 Å². The van der Waals surface area contributed by atoms with Gasteiger partial charge in [-0.15, -0.1) is 0 Å². The fourth-order valence-electron chi connectivity index (χ4n) is 1.71. The number of hydrogen-bond donors (Lipinski definition) is 1. The van der Waals surface area contributed by atoms with E-state index in [1.807, 2.05) is 0 Å². The van der Waals surface area contributed by atoms with Gasteiger partial charge in [-0.25, -0.2) is 8.42 Å². The van der Waals surface area contributed by atoms with Crippen LogP contribution in [-0.4, -0.2) is 67.8 Å². The Hall–Kier alpha value is -0.810. The first kappa shape index (κ1) is 26.2. The molecule has 0 heterocycles. The summed E-state index contributed by atoms with van der Waals surface area (Å²) in [5, 5.41) is -6.88. The summed E-state index contributed by atoms with van der Waals surface area (Å²) in [6, 6.07) is 0. The van der Waals surface area contributed by atoms with Gasteiger partial charge in [0, 0.05) is 13.1 Å². The smallest absolute Gasteiger partial charge is 0.286 e. The lowest BCUT2D eigenvalue weighted by atomic mass is 10.1. The van der Waals surface area contributed by atoms with Crippen molar-refractivity contribution in [1.82, 2.24) is 4.31 Å². The van der Waals surface area contributed by atoms with Gasteiger partial charge < -0.3 is 0 Å². The van der Waals surface area contributed by atoms with Crippen LogP contribution in [0.4, 0.5) is 39.5 Å². The average Bonchev–Trinajstić information content (AvgIpc) is 2.43. The van der Waals surface area contributed by atoms with Gasteiger partial charge in [-0.2, -0.15) is 52.2 Å². The second kappa shape index (κ2) is 7.90. The molecule has 0 saturated heterocycles. The van der Waals surface area contributed by atoms with Gasteiger partial charge in [0.1, 0.15) is 0 Å². The van der Waals surface area contributed by atoms with Gasteiger partial charge in [0.25, 0.3) is 20.1 Å². The van der Waals surface area contributed by atoms with Crippen LogP contribution in [0.25, 0.3) is 0 Å². The topological polar surface area (TPSA) is 91.8 Å². The minimum atomic E-state index is -7.39. The molecule has 17 heteroatoms. The Morgan fingerprint density at radius 1 is 0.815 bits per heavy atom. The summed E-state index contributed by atoms with van der Waals surface area (Å²) in [7, 11) is -11.5. The lowest BCUT2D eigenvalue weighted by molar-refractivity contribution is -0.382. The molecule has 0 aliphatic carbocycles. The van der Waals surface area contributed by atoms with Crippen molar-refractivity contribution < 1.29 is 60.9 Å². The van der Waals surface area contributed by atoms with Crippen LogP contribution in [0, 0.1) is 0 Å². The van der Waals surface area contributed by atoms with Crippen molar-refractivity contribution in [3.63, 3.8) is 0 Å². The highest BCUT2D eigenvalue weighted by Crippen LogP contribution is 2.55. The molecule has 1 N–H and O–H groups in total. The van der Waals surface area contributed by atoms with Crippen LogP contribution >= 0.6 is 0 Å². The summed E-state index contributed by atoms with van der Waals surface area (Å²) in [5.74, 6) is -16.0. The van der Waals surface area contributed by atoms with Gasteiger partial charge in [-0.3, -0.25) is 4.55 Å². The molecule has 27 heavy (non-hydrogen) atoms. The van der Waals surface area contributed by atoms with E-state index in [0.29, 0.717) is 0 Å². The van der Waals surface area contributed by atoms with E-state index in [0.717, 1.165) is 6.92 Å². The highest BCUT2D eigenvalue weighted by Gasteiger charge is 2.85. The standard InChI is InChI=1S/C10H14F9NO5S2/c1-2-4-20(5-3-6-26(21,22)23)27(24,25)10(18,19)8(13,14)7(11,12)9(15,16)17/h2-6H2,1H3,(H,21,22,23). The maximum absolute atomic E-state index is 13.7. The summed E-state index contributed by atoms with van der Waals surface area (Å²) in [4.78, 5) is 0. The van der Waals surface area contributed by atoms with Crippen molar-refractivity contribution in [2.75, 3.05) is 18.8 Å². The van der Waals surface area contributed by atoms with E-state index in [-0.39, 0.29) is 6.42 Å². The van der Waals surface area contributed by atoms with Gasteiger partial charge >= 0.3 is 23.3 Å². The number of sulfonamides is 1. The molecule has 0 fully saturated rings. The summed E-state index contributed by atoms with van der Waals surface area (Å²) in [6.45, 7) is -1.15. The van der Waals surface area contributed by atoms with Gasteiger partial charge in [0.05, 0.1) is 5.75 Å². The summed E-state index contributed by atoms with van der Waals surface area (Å²) in [6.07, 6.45) is -8.46. The molecule has 0 radical (unpaired) electrons. The zero-order chi connectivity index (χ0) is 22.1. The monoisotopic (exact) mass is 463 g/mol. The highest BCUT2D eigenvalue weighted by atomic mass is 32.2. The Balaban J connectivity index is 6.02. The number of hydrogen-bond acceptors (Lipinski definition) is 4. The fraction of sp³-hybridized carbons (Fsp3) is 1.00. The molecule has 0 spiro atoms. The van der Waals surface area contributed by atoms with Crippen LogP contribution in [0.15, 0.2) is 0 Å². The van der Waals surface area contributed by atoms with Crippen LogP contribution in [0.1, 0.15) is 19.8 Å². The van der Waals surface area contributed by atoms with Crippen LogP contribution in [-0.2, 0) is 20.1 Å². The molecule has 0 rings (SSSR count). The van der Waals surface area contributed by atoms with Gasteiger partial charge in [-0.05, 0) is 12.8 Å². The Bertz CT molecular complexity index is 718. The van der Waals surface area contributed by atoms with E-state index in [1.54, 1.807) is 0 Å². The van der Waals surface area contributed by atoms with Crippen molar-refractivity contribution in [2.45, 2.75) is 43.0 Å². The van der Waals surface area contributed by atoms with E-state index < -0.39 is 73.0 Å². The second-order valence-corrected chi connectivity index (χ2v) is 8.76. The molecule has 0 aromatic carbocycles. The molecule has 0 aliphatic heterocycles. The molecule has 0 bridgehead atoms. The fourth-order valence-corrected chi connectivity index (χ4v) is 3.77. The summed E-state index contributed by atoms with van der Waals surface area (Å²) in [5.41, 5.74) is 0. The van der Waals surface area contributed by atoms with Crippen LogP contribution in [0.3, 0.4) is 0 Å². The lowest BCUT2D eigenvalue weighted by Crippen LogP contribution is -2.65. The van der Waals surface area contributed by atoms with Crippen LogP contribution in [0.2, 0.25) is 0 Å². The highest BCUT2D eigenvalue weighted by molar-refractivity contribution is 7.90. The van der Waals surface area contributed by atoms with E-state index in [1.165, 1.54) is 0 Å². The van der Waals surface area contributed by atoms with Crippen LogP contribution < -0.4 is 0 Å². The average molecular weight is 463 g/mol. The predicted molar refractivity (Wildman–Crippen MR) is 72.7 cm³/mol. The number of nitrogens with zero attached hydrogens (tertiary/aromatic N) is 1. The maximum Gasteiger partial charge on any atom is 0.460 e. The van der Waals surface area contributed by atoms with Crippen molar-refractivity contribution in [2.24, 2.45) is 0 Å². The molecule has 0 aromatic heterocycles. The molecule has 0 saturated carbocycles. The number of rotatable bonds is 10. The molecule has 0 unspecified atom stereocenters. The SMILES string of the molecule is CCCN(CCCS(=O)(=O)O)S(=O)(=O)C(F)(F)C(F)(F)C(F)(F)C(F)(F)F. The molecule has 0 aromatic rings. The third-order valence-corrected chi connectivity index (χ3v) is 5.82. The zero-order valence-electron chi connectivity index (χ0n) is 13.3. The maximum atomic E-state index is 13.7. The summed E-state index contributed by atoms with van der Waals surface area (Å²) >= 11 is 0. The van der Waals surface area contributed by atoms with Gasteiger partial charge in [0.2, 0.25) is 0 Å². The summed E-state index contributed by atoms with van der Waals surface area (Å²) < 4.78 is 168. The minimum Gasteiger partial charge on any atom is -0.286 e. The van der Waals surface area contributed by atoms with E-state index in [4.69, 9.17) is 4.55 Å². The molecule has 0 aliphatic rings. The van der Waals surface area contributed by atoms with E-state index in [2.05, 4.69) is 0 Å². The van der Waals surface area contributed by atoms with Crippen molar-refractivity contribution in [1.29, 1.82) is 0 Å². The first-order chi connectivity index (χ1) is 11.7. The van der Waals surface area contributed by atoms with Crippen molar-refractivity contribution >= 4 is 20.1 Å². The van der Waals surface area contributed by atoms with Crippen molar-refractivity contribution in [3.05, 3.63) is 0 Å². The minimum absolute atomic E-state index is 0.359. The quantitative estimate of drug-likeness (QED) is 0.398. The Kier molecular flexibility index (Phi) is 7.66. The normalized spacial score (nSPS) is 15.4. The molecule has 6 nitrogen and oxygen atoms in total. The van der Waals surface area contributed by atoms with Gasteiger partial charge in [-0.1, -0.05) is 6.92 Å². The Morgan fingerprint density at radius 3 is 1.59 bits per heavy atom. The molecule has 0 amide bonds. The van der Waals surface area contributed by atoms with Crippen molar-refractivity contribution in [3.8, 4) is 0 Å². The Morgan fingerprint density at radius 2 is 1.26 bits per heavy atom. The number of alkyl halides is 9. The molecule has 164 valence electrons. The predicted octanol–water partition coefficient (Wildman–Crippen LogP) is 2.73. The molecular weight excluding hydrogens is 449 g/mol. The second-order valence-electron chi connectivity index (χ2n) is 5.21. The third kappa shape index (κ3) is 5.17. The number of halogens is 9. The molecular formula is C10H14F9NO5S2. The first-order valence-electron chi connectivity index (χ1n) is 6.82.